The summed E-state index contributed by atoms with van der Waals surface area (Å²) in [4.78, 5) is 4.91. The Morgan fingerprint density at radius 3 is 2.43 bits per heavy atom. The molecule has 0 bridgehead atoms. The lowest BCUT2D eigenvalue weighted by Gasteiger charge is -2.48. The average Bonchev–Trinajstić information content (AvgIpc) is 2.06. The van der Waals surface area contributed by atoms with E-state index >= 15 is 0 Å². The molecule has 0 radical (unpaired) electrons. The van der Waals surface area contributed by atoms with Crippen LogP contribution in [0, 0.1) is 0 Å². The van der Waals surface area contributed by atoms with Crippen LogP contribution >= 0.6 is 0 Å². The number of piperazine rings is 1. The molecular formula is C12H24N2. The van der Waals surface area contributed by atoms with Gasteiger partial charge in [0.05, 0.1) is 0 Å². The Bertz CT molecular complexity index is 215. The number of rotatable bonds is 1. The molecular weight excluding hydrogens is 172 g/mol. The molecule has 1 atom stereocenters. The lowest BCUT2D eigenvalue weighted by Crippen LogP contribution is -2.56. The highest BCUT2D eigenvalue weighted by Crippen LogP contribution is 2.24. The topological polar surface area (TPSA) is 6.48 Å². The van der Waals surface area contributed by atoms with Crippen LogP contribution in [0.4, 0.5) is 0 Å². The van der Waals surface area contributed by atoms with Crippen molar-refractivity contribution in [2.24, 2.45) is 0 Å². The second-order valence-corrected chi connectivity index (χ2v) is 5.25. The summed E-state index contributed by atoms with van der Waals surface area (Å²) >= 11 is 0. The maximum Gasteiger partial charge on any atom is 0.0386 e. The minimum Gasteiger partial charge on any atom is -0.373 e. The number of likely N-dealkylation sites (N-methyl/N-ethyl adjacent to an activating group) is 1. The second-order valence-electron chi connectivity index (χ2n) is 5.25. The Morgan fingerprint density at radius 1 is 1.43 bits per heavy atom. The molecule has 0 aromatic rings. The monoisotopic (exact) mass is 196 g/mol. The Hall–Kier alpha value is -0.500. The highest BCUT2D eigenvalue weighted by molar-refractivity contribution is 5.05. The van der Waals surface area contributed by atoms with Crippen molar-refractivity contribution in [2.75, 3.05) is 19.6 Å². The molecule has 1 heterocycles. The minimum absolute atomic E-state index is 0.252. The average molecular weight is 196 g/mol. The highest BCUT2D eigenvalue weighted by atomic mass is 15.3. The molecule has 0 aromatic heterocycles. The van der Waals surface area contributed by atoms with Gasteiger partial charge in [0, 0.05) is 36.9 Å². The lowest BCUT2D eigenvalue weighted by molar-refractivity contribution is 0.0458. The van der Waals surface area contributed by atoms with Gasteiger partial charge in [-0.1, -0.05) is 6.58 Å². The van der Waals surface area contributed by atoms with Gasteiger partial charge in [-0.15, -0.1) is 0 Å². The molecule has 82 valence electrons. The lowest BCUT2D eigenvalue weighted by atomic mass is 10.00. The van der Waals surface area contributed by atoms with Gasteiger partial charge in [-0.25, -0.2) is 0 Å². The third-order valence-electron chi connectivity index (χ3n) is 3.06. The van der Waals surface area contributed by atoms with Crippen molar-refractivity contribution < 1.29 is 0 Å². The van der Waals surface area contributed by atoms with Crippen molar-refractivity contribution in [3.05, 3.63) is 12.3 Å². The summed E-state index contributed by atoms with van der Waals surface area (Å²) in [7, 11) is 0. The quantitative estimate of drug-likeness (QED) is 0.635. The highest BCUT2D eigenvalue weighted by Gasteiger charge is 2.32. The Morgan fingerprint density at radius 2 is 2.00 bits per heavy atom. The molecule has 0 spiro atoms. The van der Waals surface area contributed by atoms with E-state index in [1.165, 1.54) is 5.70 Å². The van der Waals surface area contributed by atoms with Crippen LogP contribution in [0.15, 0.2) is 12.3 Å². The summed E-state index contributed by atoms with van der Waals surface area (Å²) in [6.45, 7) is 18.7. The number of hydrogen-bond acceptors (Lipinski definition) is 2. The van der Waals surface area contributed by atoms with E-state index in [0.717, 1.165) is 19.6 Å². The van der Waals surface area contributed by atoms with Crippen LogP contribution in [0.2, 0.25) is 0 Å². The summed E-state index contributed by atoms with van der Waals surface area (Å²) in [6, 6.07) is 0.625. The van der Waals surface area contributed by atoms with E-state index in [0.29, 0.717) is 6.04 Å². The molecule has 0 N–H and O–H groups in total. The van der Waals surface area contributed by atoms with Gasteiger partial charge < -0.3 is 4.90 Å². The molecule has 1 saturated heterocycles. The largest absolute Gasteiger partial charge is 0.373 e. The molecule has 0 unspecified atom stereocenters. The van der Waals surface area contributed by atoms with Gasteiger partial charge in [-0.05, 0) is 34.6 Å². The molecule has 2 nitrogen and oxygen atoms in total. The Kier molecular flexibility index (Phi) is 3.25. The molecule has 14 heavy (non-hydrogen) atoms. The summed E-state index contributed by atoms with van der Waals surface area (Å²) in [5.41, 5.74) is 1.52. The van der Waals surface area contributed by atoms with Gasteiger partial charge in [-0.3, -0.25) is 4.90 Å². The molecule has 1 fully saturated rings. The van der Waals surface area contributed by atoms with E-state index in [1.807, 2.05) is 0 Å². The smallest absolute Gasteiger partial charge is 0.0386 e. The molecule has 0 aliphatic carbocycles. The van der Waals surface area contributed by atoms with Crippen LogP contribution in [0.3, 0.4) is 0 Å². The zero-order valence-corrected chi connectivity index (χ0v) is 10.3. The molecule has 0 amide bonds. The Balaban J connectivity index is 2.72. The van der Waals surface area contributed by atoms with Crippen LogP contribution in [0.25, 0.3) is 0 Å². The third-order valence-corrected chi connectivity index (χ3v) is 3.06. The van der Waals surface area contributed by atoms with Crippen molar-refractivity contribution >= 4 is 0 Å². The first-order chi connectivity index (χ1) is 6.36. The van der Waals surface area contributed by atoms with Gasteiger partial charge in [0.2, 0.25) is 0 Å². The molecule has 1 aliphatic rings. The van der Waals surface area contributed by atoms with Crippen LogP contribution in [0.1, 0.15) is 34.6 Å². The van der Waals surface area contributed by atoms with Crippen LogP contribution in [-0.4, -0.2) is 41.0 Å². The predicted octanol–water partition coefficient (Wildman–Crippen LogP) is 2.32. The van der Waals surface area contributed by atoms with Crippen LogP contribution in [-0.2, 0) is 0 Å². The first-order valence-electron chi connectivity index (χ1n) is 5.55. The van der Waals surface area contributed by atoms with E-state index in [9.17, 15) is 0 Å². The predicted molar refractivity (Wildman–Crippen MR) is 62.3 cm³/mol. The van der Waals surface area contributed by atoms with E-state index in [2.05, 4.69) is 51.0 Å². The maximum absolute atomic E-state index is 4.15. The van der Waals surface area contributed by atoms with Gasteiger partial charge in [0.15, 0.2) is 0 Å². The van der Waals surface area contributed by atoms with E-state index in [1.54, 1.807) is 0 Å². The molecule has 0 saturated carbocycles. The van der Waals surface area contributed by atoms with Crippen molar-refractivity contribution in [1.29, 1.82) is 0 Å². The summed E-state index contributed by atoms with van der Waals surface area (Å²) < 4.78 is 0. The van der Waals surface area contributed by atoms with Crippen molar-refractivity contribution in [3.63, 3.8) is 0 Å². The van der Waals surface area contributed by atoms with Crippen molar-refractivity contribution in [1.82, 2.24) is 9.80 Å². The van der Waals surface area contributed by atoms with Crippen LogP contribution < -0.4 is 0 Å². The Labute approximate surface area is 88.6 Å². The fourth-order valence-corrected chi connectivity index (χ4v) is 2.25. The van der Waals surface area contributed by atoms with Crippen LogP contribution in [0.5, 0.6) is 0 Å². The molecule has 2 heteroatoms. The minimum atomic E-state index is 0.252. The van der Waals surface area contributed by atoms with E-state index in [-0.39, 0.29) is 5.54 Å². The summed E-state index contributed by atoms with van der Waals surface area (Å²) in [5.74, 6) is 0. The SMILES string of the molecule is C=C1CN(C(C)(C)C)[C@@H](C)CN1CC. The van der Waals surface area contributed by atoms with Crippen molar-refractivity contribution in [2.45, 2.75) is 46.2 Å². The van der Waals surface area contributed by atoms with E-state index < -0.39 is 0 Å². The standard InChI is InChI=1S/C12H24N2/c1-7-13-8-11(3)14(9-10(13)2)12(4,5)6/h11H,2,7-9H2,1,3-6H3/t11-/m0/s1. The fraction of sp³-hybridized carbons (Fsp3) is 0.833. The third kappa shape index (κ3) is 2.30. The van der Waals surface area contributed by atoms with Gasteiger partial charge in [-0.2, -0.15) is 0 Å². The van der Waals surface area contributed by atoms with Gasteiger partial charge in [0.1, 0.15) is 0 Å². The molecule has 0 aromatic carbocycles. The van der Waals surface area contributed by atoms with Gasteiger partial charge in [0.25, 0.3) is 0 Å². The van der Waals surface area contributed by atoms with Crippen molar-refractivity contribution in [3.8, 4) is 0 Å². The maximum atomic E-state index is 4.15. The second kappa shape index (κ2) is 3.93. The first kappa shape index (κ1) is 11.6. The number of nitrogens with zero attached hydrogens (tertiary/aromatic N) is 2. The normalized spacial score (nSPS) is 25.6. The zero-order valence-electron chi connectivity index (χ0n) is 10.3. The summed E-state index contributed by atoms with van der Waals surface area (Å²) in [6.07, 6.45) is 0. The summed E-state index contributed by atoms with van der Waals surface area (Å²) in [5, 5.41) is 0. The fourth-order valence-electron chi connectivity index (χ4n) is 2.25. The van der Waals surface area contributed by atoms with Gasteiger partial charge >= 0.3 is 0 Å². The molecule has 1 rings (SSSR count). The zero-order chi connectivity index (χ0) is 10.9. The molecule has 1 aliphatic heterocycles. The van der Waals surface area contributed by atoms with E-state index in [4.69, 9.17) is 0 Å². The first-order valence-corrected chi connectivity index (χ1v) is 5.55. The number of hydrogen-bond donors (Lipinski definition) is 0.